The molecule has 0 aliphatic heterocycles. The third-order valence-corrected chi connectivity index (χ3v) is 4.94. The Kier molecular flexibility index (Phi) is 6.16. The van der Waals surface area contributed by atoms with Gasteiger partial charge in [0.05, 0.1) is 6.21 Å². The number of aryl methyl sites for hydroxylation is 2. The van der Waals surface area contributed by atoms with Crippen molar-refractivity contribution in [2.24, 2.45) is 5.10 Å². The Hall–Kier alpha value is -3.35. The van der Waals surface area contributed by atoms with E-state index in [1.54, 1.807) is 6.21 Å². The molecule has 29 heavy (non-hydrogen) atoms. The monoisotopic (exact) mass is 393 g/mol. The summed E-state index contributed by atoms with van der Waals surface area (Å²) < 4.78 is 7.16. The van der Waals surface area contributed by atoms with Crippen LogP contribution in [0.3, 0.4) is 0 Å². The van der Waals surface area contributed by atoms with E-state index in [0.717, 1.165) is 47.3 Å². The zero-order valence-electron chi connectivity index (χ0n) is 17.6. The van der Waals surface area contributed by atoms with Gasteiger partial charge in [0.1, 0.15) is 5.76 Å². The van der Waals surface area contributed by atoms with E-state index in [1.807, 2.05) is 61.7 Å². The summed E-state index contributed by atoms with van der Waals surface area (Å²) in [5, 5.41) is 8.20. The Labute approximate surface area is 171 Å². The van der Waals surface area contributed by atoms with E-state index in [2.05, 4.69) is 34.4 Å². The molecule has 2 heterocycles. The molecule has 0 spiro atoms. The fourth-order valence-corrected chi connectivity index (χ4v) is 3.37. The lowest BCUT2D eigenvalue weighted by Crippen LogP contribution is -2.22. The van der Waals surface area contributed by atoms with Crippen molar-refractivity contribution in [3.8, 4) is 5.82 Å². The number of benzene rings is 1. The highest BCUT2D eigenvalue weighted by Gasteiger charge is 2.13. The van der Waals surface area contributed by atoms with E-state index in [4.69, 9.17) is 4.52 Å². The van der Waals surface area contributed by atoms with E-state index in [-0.39, 0.29) is 5.91 Å². The summed E-state index contributed by atoms with van der Waals surface area (Å²) in [6, 6.07) is 11.4. The van der Waals surface area contributed by atoms with Crippen LogP contribution in [0.5, 0.6) is 0 Å². The van der Waals surface area contributed by atoms with Gasteiger partial charge in [0.2, 0.25) is 0 Å². The molecule has 152 valence electrons. The lowest BCUT2D eigenvalue weighted by Gasteiger charge is -2.20. The second kappa shape index (κ2) is 8.77. The van der Waals surface area contributed by atoms with E-state index >= 15 is 0 Å². The van der Waals surface area contributed by atoms with Gasteiger partial charge in [-0.25, -0.2) is 5.43 Å². The highest BCUT2D eigenvalue weighted by molar-refractivity contribution is 5.95. The number of carbonyl (C=O) groups excluding carboxylic acids is 1. The number of hydrogen-bond acceptors (Lipinski definition) is 5. The first-order valence-electron chi connectivity index (χ1n) is 9.75. The molecule has 1 N–H and O–H groups in total. The van der Waals surface area contributed by atoms with Crippen LogP contribution in [0.25, 0.3) is 5.82 Å². The number of amides is 1. The molecule has 2 aromatic heterocycles. The number of hydrogen-bond donors (Lipinski definition) is 1. The van der Waals surface area contributed by atoms with Gasteiger partial charge in [-0.05, 0) is 65.0 Å². The summed E-state index contributed by atoms with van der Waals surface area (Å²) in [6.07, 6.45) is 1.65. The first kappa shape index (κ1) is 20.4. The third-order valence-electron chi connectivity index (χ3n) is 4.94. The van der Waals surface area contributed by atoms with E-state index in [9.17, 15) is 4.79 Å². The van der Waals surface area contributed by atoms with Crippen molar-refractivity contribution in [1.29, 1.82) is 0 Å². The highest BCUT2D eigenvalue weighted by Crippen LogP contribution is 2.19. The molecule has 0 unspecified atom stereocenters. The molecular formula is C22H27N5O2. The number of hydrazone groups is 1. The molecule has 0 radical (unpaired) electrons. The van der Waals surface area contributed by atoms with Crippen LogP contribution < -0.4 is 10.3 Å². The van der Waals surface area contributed by atoms with Crippen molar-refractivity contribution in [2.75, 3.05) is 18.0 Å². The molecule has 7 heteroatoms. The SMILES string of the molecule is CCN(CC)c1ccc(C(=O)NN=Cc2cc(C)n(-c3cc(C)on3)c2C)cc1. The topological polar surface area (TPSA) is 75.7 Å². The molecule has 7 nitrogen and oxygen atoms in total. The molecule has 1 aromatic carbocycles. The molecule has 0 atom stereocenters. The summed E-state index contributed by atoms with van der Waals surface area (Å²) in [5.41, 5.74) is 7.15. The molecule has 0 aliphatic rings. The molecule has 1 amide bonds. The van der Waals surface area contributed by atoms with Crippen molar-refractivity contribution in [2.45, 2.75) is 34.6 Å². The molecule has 0 fully saturated rings. The summed E-state index contributed by atoms with van der Waals surface area (Å²) in [7, 11) is 0. The van der Waals surface area contributed by atoms with Gasteiger partial charge < -0.3 is 9.42 Å². The first-order chi connectivity index (χ1) is 13.9. The Bertz CT molecular complexity index is 1010. The lowest BCUT2D eigenvalue weighted by molar-refractivity contribution is 0.0955. The van der Waals surface area contributed by atoms with Crippen LogP contribution in [0.2, 0.25) is 0 Å². The van der Waals surface area contributed by atoms with Crippen LogP contribution in [0, 0.1) is 20.8 Å². The average molecular weight is 393 g/mol. The van der Waals surface area contributed by atoms with Crippen LogP contribution in [0.1, 0.15) is 46.9 Å². The van der Waals surface area contributed by atoms with E-state index < -0.39 is 0 Å². The lowest BCUT2D eigenvalue weighted by atomic mass is 10.2. The number of anilines is 1. The maximum absolute atomic E-state index is 12.4. The first-order valence-corrected chi connectivity index (χ1v) is 9.75. The second-order valence-electron chi connectivity index (χ2n) is 6.88. The maximum atomic E-state index is 12.4. The normalized spacial score (nSPS) is 11.2. The summed E-state index contributed by atoms with van der Waals surface area (Å²) in [6.45, 7) is 11.9. The van der Waals surface area contributed by atoms with Gasteiger partial charge >= 0.3 is 0 Å². The van der Waals surface area contributed by atoms with Crippen LogP contribution in [-0.2, 0) is 0 Å². The number of rotatable bonds is 7. The maximum Gasteiger partial charge on any atom is 0.271 e. The standard InChI is InChI=1S/C22H27N5O2/c1-6-26(7-2)20-10-8-18(9-11-20)22(28)24-23-14-19-12-15(3)27(17(19)5)21-13-16(4)29-25-21/h8-14H,6-7H2,1-5H3,(H,24,28). The van der Waals surface area contributed by atoms with Gasteiger partial charge in [-0.3, -0.25) is 9.36 Å². The molecule has 0 aliphatic carbocycles. The fourth-order valence-electron chi connectivity index (χ4n) is 3.37. The summed E-state index contributed by atoms with van der Waals surface area (Å²) in [5.74, 6) is 1.24. The molecule has 0 saturated carbocycles. The van der Waals surface area contributed by atoms with Crippen molar-refractivity contribution in [1.82, 2.24) is 15.1 Å². The van der Waals surface area contributed by atoms with Crippen LogP contribution in [0.15, 0.2) is 46.0 Å². The van der Waals surface area contributed by atoms with E-state index in [1.165, 1.54) is 0 Å². The molecule has 3 aromatic rings. The quantitative estimate of drug-likeness (QED) is 0.486. The van der Waals surface area contributed by atoms with Crippen molar-refractivity contribution in [3.63, 3.8) is 0 Å². The Morgan fingerprint density at radius 1 is 1.17 bits per heavy atom. The summed E-state index contributed by atoms with van der Waals surface area (Å²) >= 11 is 0. The average Bonchev–Trinajstić information content (AvgIpc) is 3.25. The Morgan fingerprint density at radius 3 is 2.45 bits per heavy atom. The third kappa shape index (κ3) is 4.39. The fraction of sp³-hybridized carbons (Fsp3) is 0.318. The Balaban J connectivity index is 1.69. The van der Waals surface area contributed by atoms with Gasteiger partial charge in [-0.2, -0.15) is 5.10 Å². The van der Waals surface area contributed by atoms with Crippen LogP contribution in [0.4, 0.5) is 5.69 Å². The van der Waals surface area contributed by atoms with Gasteiger partial charge in [-0.15, -0.1) is 0 Å². The number of carbonyl (C=O) groups is 1. The smallest absolute Gasteiger partial charge is 0.271 e. The van der Waals surface area contributed by atoms with E-state index in [0.29, 0.717) is 5.56 Å². The van der Waals surface area contributed by atoms with Crippen LogP contribution in [-0.4, -0.2) is 34.9 Å². The molecular weight excluding hydrogens is 366 g/mol. The van der Waals surface area contributed by atoms with Gasteiger partial charge in [0, 0.05) is 47.4 Å². The summed E-state index contributed by atoms with van der Waals surface area (Å²) in [4.78, 5) is 14.6. The second-order valence-corrected chi connectivity index (χ2v) is 6.88. The minimum atomic E-state index is -0.242. The Morgan fingerprint density at radius 2 is 1.86 bits per heavy atom. The largest absolute Gasteiger partial charge is 0.372 e. The van der Waals surface area contributed by atoms with Gasteiger partial charge in [0.15, 0.2) is 5.82 Å². The van der Waals surface area contributed by atoms with Crippen molar-refractivity contribution < 1.29 is 9.32 Å². The highest BCUT2D eigenvalue weighted by atomic mass is 16.5. The number of nitrogens with zero attached hydrogens (tertiary/aromatic N) is 4. The zero-order valence-corrected chi connectivity index (χ0v) is 17.6. The van der Waals surface area contributed by atoms with Crippen molar-refractivity contribution >= 4 is 17.8 Å². The number of nitrogens with one attached hydrogen (secondary N) is 1. The van der Waals surface area contributed by atoms with Crippen molar-refractivity contribution in [3.05, 3.63) is 64.7 Å². The predicted octanol–water partition coefficient (Wildman–Crippen LogP) is 4.00. The predicted molar refractivity (Wildman–Crippen MR) is 115 cm³/mol. The van der Waals surface area contributed by atoms with Gasteiger partial charge in [0.25, 0.3) is 5.91 Å². The minimum Gasteiger partial charge on any atom is -0.372 e. The minimum absolute atomic E-state index is 0.242. The van der Waals surface area contributed by atoms with Crippen LogP contribution >= 0.6 is 0 Å². The van der Waals surface area contributed by atoms with Gasteiger partial charge in [-0.1, -0.05) is 5.16 Å². The zero-order chi connectivity index (χ0) is 21.0. The molecule has 0 saturated heterocycles. The molecule has 0 bridgehead atoms. The number of aromatic nitrogens is 2. The molecule has 3 rings (SSSR count).